The highest BCUT2D eigenvalue weighted by Gasteiger charge is 2.10. The summed E-state index contributed by atoms with van der Waals surface area (Å²) in [6, 6.07) is 3.37. The van der Waals surface area contributed by atoms with Gasteiger partial charge >= 0.3 is 5.97 Å². The first kappa shape index (κ1) is 10.2. The second-order valence-electron chi connectivity index (χ2n) is 3.13. The molecule has 5 heteroatoms. The molecular formula is C11H9N3O2. The van der Waals surface area contributed by atoms with E-state index in [0.29, 0.717) is 12.1 Å². The number of nitrogens with zero attached hydrogens (tertiary/aromatic N) is 3. The third kappa shape index (κ3) is 1.61. The Bertz CT molecular complexity index is 580. The van der Waals surface area contributed by atoms with Gasteiger partial charge in [0.15, 0.2) is 6.19 Å². The van der Waals surface area contributed by atoms with E-state index in [9.17, 15) is 4.79 Å². The van der Waals surface area contributed by atoms with Crippen molar-refractivity contribution in [3.8, 4) is 6.19 Å². The van der Waals surface area contributed by atoms with Crippen LogP contribution in [0, 0.1) is 11.5 Å². The lowest BCUT2D eigenvalue weighted by molar-refractivity contribution is 0.0520. The van der Waals surface area contributed by atoms with Gasteiger partial charge in [0, 0.05) is 11.6 Å². The fraction of sp³-hybridized carbons (Fsp3) is 0.182. The van der Waals surface area contributed by atoms with Crippen molar-refractivity contribution in [2.24, 2.45) is 0 Å². The monoisotopic (exact) mass is 215 g/mol. The van der Waals surface area contributed by atoms with E-state index in [2.05, 4.69) is 4.98 Å². The Morgan fingerprint density at radius 2 is 2.50 bits per heavy atom. The number of nitriles is 1. The highest BCUT2D eigenvalue weighted by atomic mass is 16.5. The number of pyridine rings is 1. The lowest BCUT2D eigenvalue weighted by Gasteiger charge is -2.00. The van der Waals surface area contributed by atoms with E-state index in [1.165, 1.54) is 10.8 Å². The smallest absolute Gasteiger partial charge is 0.356 e. The molecular weight excluding hydrogens is 206 g/mol. The zero-order valence-electron chi connectivity index (χ0n) is 8.67. The number of esters is 1. The quantitative estimate of drug-likeness (QED) is 0.712. The molecule has 2 aromatic heterocycles. The molecule has 0 N–H and O–H groups in total. The second-order valence-corrected chi connectivity index (χ2v) is 3.13. The number of carbonyl (C=O) groups excluding carboxylic acids is 1. The normalized spacial score (nSPS) is 10.0. The van der Waals surface area contributed by atoms with Crippen LogP contribution in [0.5, 0.6) is 0 Å². The van der Waals surface area contributed by atoms with Crippen molar-refractivity contribution in [2.45, 2.75) is 6.92 Å². The Labute approximate surface area is 91.9 Å². The van der Waals surface area contributed by atoms with Crippen molar-refractivity contribution < 1.29 is 9.53 Å². The summed E-state index contributed by atoms with van der Waals surface area (Å²) in [6.45, 7) is 2.06. The lowest BCUT2D eigenvalue weighted by atomic mass is 10.2. The van der Waals surface area contributed by atoms with Crippen LogP contribution in [0.4, 0.5) is 0 Å². The zero-order valence-corrected chi connectivity index (χ0v) is 8.67. The molecule has 0 radical (unpaired) electrons. The predicted molar refractivity (Wildman–Crippen MR) is 56.7 cm³/mol. The van der Waals surface area contributed by atoms with Gasteiger partial charge < -0.3 is 4.74 Å². The van der Waals surface area contributed by atoms with Gasteiger partial charge in [-0.1, -0.05) is 0 Å². The van der Waals surface area contributed by atoms with Gasteiger partial charge in [0.1, 0.15) is 5.69 Å². The highest BCUT2D eigenvalue weighted by Crippen LogP contribution is 2.15. The molecule has 0 aliphatic heterocycles. The molecule has 0 amide bonds. The van der Waals surface area contributed by atoms with Crippen molar-refractivity contribution in [1.29, 1.82) is 5.26 Å². The number of rotatable bonds is 2. The molecule has 80 valence electrons. The highest BCUT2D eigenvalue weighted by molar-refractivity contribution is 5.92. The summed E-state index contributed by atoms with van der Waals surface area (Å²) in [7, 11) is 0. The third-order valence-corrected chi connectivity index (χ3v) is 2.17. The summed E-state index contributed by atoms with van der Waals surface area (Å²) < 4.78 is 6.22. The molecule has 0 unspecified atom stereocenters. The maximum atomic E-state index is 11.4. The largest absolute Gasteiger partial charge is 0.461 e. The molecule has 0 saturated heterocycles. The van der Waals surface area contributed by atoms with Crippen LogP contribution in [0.2, 0.25) is 0 Å². The van der Waals surface area contributed by atoms with Crippen molar-refractivity contribution >= 4 is 16.9 Å². The van der Waals surface area contributed by atoms with Gasteiger partial charge in [-0.15, -0.1) is 0 Å². The molecule has 0 atom stereocenters. The summed E-state index contributed by atoms with van der Waals surface area (Å²) in [5.74, 6) is -0.450. The molecule has 0 spiro atoms. The summed E-state index contributed by atoms with van der Waals surface area (Å²) in [5.41, 5.74) is 0.931. The van der Waals surface area contributed by atoms with E-state index in [-0.39, 0.29) is 5.69 Å². The molecule has 2 rings (SSSR count). The first-order valence-corrected chi connectivity index (χ1v) is 4.80. The molecule has 16 heavy (non-hydrogen) atoms. The standard InChI is InChI=1S/C11H9N3O2/c1-2-16-11(15)9-5-8-3-4-14(7-12)10(8)6-13-9/h3-6H,2H2,1H3. The van der Waals surface area contributed by atoms with Crippen molar-refractivity contribution in [3.63, 3.8) is 0 Å². The number of hydrogen-bond acceptors (Lipinski definition) is 4. The van der Waals surface area contributed by atoms with Crippen molar-refractivity contribution in [3.05, 3.63) is 30.2 Å². The molecule has 0 fully saturated rings. The van der Waals surface area contributed by atoms with Crippen LogP contribution >= 0.6 is 0 Å². The molecule has 0 saturated carbocycles. The summed E-state index contributed by atoms with van der Waals surface area (Å²) >= 11 is 0. The van der Waals surface area contributed by atoms with Gasteiger partial charge in [0.25, 0.3) is 0 Å². The first-order chi connectivity index (χ1) is 7.76. The lowest BCUT2D eigenvalue weighted by Crippen LogP contribution is -2.06. The molecule has 0 bridgehead atoms. The summed E-state index contributed by atoms with van der Waals surface area (Å²) in [4.78, 5) is 15.4. The van der Waals surface area contributed by atoms with Crippen LogP contribution in [0.3, 0.4) is 0 Å². The van der Waals surface area contributed by atoms with Gasteiger partial charge in [0.2, 0.25) is 0 Å². The number of carbonyl (C=O) groups is 1. The van der Waals surface area contributed by atoms with Crippen molar-refractivity contribution in [1.82, 2.24) is 9.55 Å². The van der Waals surface area contributed by atoms with E-state index in [4.69, 9.17) is 10.00 Å². The molecule has 2 aromatic rings. The Morgan fingerprint density at radius 3 is 3.19 bits per heavy atom. The minimum absolute atomic E-state index is 0.255. The number of aromatic nitrogens is 2. The van der Waals surface area contributed by atoms with E-state index < -0.39 is 5.97 Å². The molecule has 0 aliphatic carbocycles. The Morgan fingerprint density at radius 1 is 1.69 bits per heavy atom. The zero-order chi connectivity index (χ0) is 11.5. The number of fused-ring (bicyclic) bond motifs is 1. The molecule has 0 aliphatic rings. The third-order valence-electron chi connectivity index (χ3n) is 2.17. The minimum Gasteiger partial charge on any atom is -0.461 e. The Balaban J connectivity index is 2.46. The summed E-state index contributed by atoms with van der Waals surface area (Å²) in [5, 5.41) is 9.57. The Kier molecular flexibility index (Phi) is 2.56. The van der Waals surface area contributed by atoms with Gasteiger partial charge in [-0.3, -0.25) is 4.57 Å². The Hall–Kier alpha value is -2.35. The first-order valence-electron chi connectivity index (χ1n) is 4.80. The van der Waals surface area contributed by atoms with E-state index in [1.807, 2.05) is 6.19 Å². The predicted octanol–water partition coefficient (Wildman–Crippen LogP) is 1.54. The molecule has 2 heterocycles. The second kappa shape index (κ2) is 4.03. The molecule has 5 nitrogen and oxygen atoms in total. The SMILES string of the molecule is CCOC(=O)c1cc2ccn(C#N)c2cn1. The number of hydrogen-bond donors (Lipinski definition) is 0. The van der Waals surface area contributed by atoms with Crippen LogP contribution in [-0.2, 0) is 4.74 Å². The molecule has 0 aromatic carbocycles. The van der Waals surface area contributed by atoms with E-state index >= 15 is 0 Å². The number of ether oxygens (including phenoxy) is 1. The van der Waals surface area contributed by atoms with E-state index in [1.54, 1.807) is 25.3 Å². The topological polar surface area (TPSA) is 67.9 Å². The van der Waals surface area contributed by atoms with Gasteiger partial charge in [0.05, 0.1) is 18.3 Å². The maximum Gasteiger partial charge on any atom is 0.356 e. The van der Waals surface area contributed by atoms with Crippen LogP contribution in [0.15, 0.2) is 24.5 Å². The van der Waals surface area contributed by atoms with Crippen LogP contribution in [0.1, 0.15) is 17.4 Å². The van der Waals surface area contributed by atoms with Crippen LogP contribution < -0.4 is 0 Å². The van der Waals surface area contributed by atoms with E-state index in [0.717, 1.165) is 5.39 Å². The average molecular weight is 215 g/mol. The van der Waals surface area contributed by atoms with Crippen molar-refractivity contribution in [2.75, 3.05) is 6.61 Å². The van der Waals surface area contributed by atoms with Crippen LogP contribution in [0.25, 0.3) is 10.9 Å². The minimum atomic E-state index is -0.450. The van der Waals surface area contributed by atoms with Crippen LogP contribution in [-0.4, -0.2) is 22.1 Å². The van der Waals surface area contributed by atoms with Gasteiger partial charge in [-0.2, -0.15) is 5.26 Å². The fourth-order valence-electron chi connectivity index (χ4n) is 1.44. The summed E-state index contributed by atoms with van der Waals surface area (Å²) in [6.07, 6.45) is 5.10. The fourth-order valence-corrected chi connectivity index (χ4v) is 1.44. The maximum absolute atomic E-state index is 11.4. The van der Waals surface area contributed by atoms with Gasteiger partial charge in [-0.25, -0.2) is 9.78 Å². The van der Waals surface area contributed by atoms with Gasteiger partial charge in [-0.05, 0) is 19.1 Å². The average Bonchev–Trinajstić information content (AvgIpc) is 2.71.